The number of ether oxygens (including phenoxy) is 1. The third-order valence-electron chi connectivity index (χ3n) is 2.82. The maximum atomic E-state index is 5.26. The van der Waals surface area contributed by atoms with E-state index < -0.39 is 0 Å². The molecule has 0 rings (SSSR count). The van der Waals surface area contributed by atoms with Gasteiger partial charge in [-0.2, -0.15) is 11.8 Å². The molecule has 0 saturated carbocycles. The lowest BCUT2D eigenvalue weighted by atomic mass is 10.2. The van der Waals surface area contributed by atoms with Crippen molar-refractivity contribution in [3.8, 4) is 0 Å². The first-order valence-corrected chi connectivity index (χ1v) is 7.36. The van der Waals surface area contributed by atoms with E-state index in [9.17, 15) is 0 Å². The monoisotopic (exact) mass is 233 g/mol. The van der Waals surface area contributed by atoms with Crippen LogP contribution in [0.5, 0.6) is 0 Å². The quantitative estimate of drug-likeness (QED) is 0.586. The summed E-state index contributed by atoms with van der Waals surface area (Å²) in [6.07, 6.45) is 7.86. The van der Waals surface area contributed by atoms with Crippen LogP contribution in [0.15, 0.2) is 0 Å². The van der Waals surface area contributed by atoms with Gasteiger partial charge in [-0.05, 0) is 45.2 Å². The second-order valence-electron chi connectivity index (χ2n) is 4.09. The summed E-state index contributed by atoms with van der Waals surface area (Å²) in [5.74, 6) is 1.31. The molecule has 2 atom stereocenters. The largest absolute Gasteiger partial charge is 0.380 e. The van der Waals surface area contributed by atoms with Crippen LogP contribution in [-0.2, 0) is 4.74 Å². The van der Waals surface area contributed by atoms with Crippen molar-refractivity contribution in [2.24, 2.45) is 0 Å². The van der Waals surface area contributed by atoms with Gasteiger partial charge >= 0.3 is 0 Å². The van der Waals surface area contributed by atoms with Gasteiger partial charge in [0.2, 0.25) is 0 Å². The maximum absolute atomic E-state index is 5.26. The highest BCUT2D eigenvalue weighted by Crippen LogP contribution is 2.04. The van der Waals surface area contributed by atoms with Crippen molar-refractivity contribution in [2.45, 2.75) is 51.7 Å². The van der Waals surface area contributed by atoms with Crippen molar-refractivity contribution in [1.29, 1.82) is 0 Å². The summed E-state index contributed by atoms with van der Waals surface area (Å²) in [4.78, 5) is 0. The number of rotatable bonds is 10. The third-order valence-corrected chi connectivity index (χ3v) is 3.51. The summed E-state index contributed by atoms with van der Waals surface area (Å²) in [5, 5.41) is 3.49. The van der Waals surface area contributed by atoms with Gasteiger partial charge in [-0.15, -0.1) is 0 Å². The van der Waals surface area contributed by atoms with E-state index in [0.29, 0.717) is 12.1 Å². The minimum atomic E-state index is 0.307. The van der Waals surface area contributed by atoms with E-state index in [1.807, 2.05) is 11.8 Å². The summed E-state index contributed by atoms with van der Waals surface area (Å²) >= 11 is 1.95. The minimum Gasteiger partial charge on any atom is -0.380 e. The van der Waals surface area contributed by atoms with Gasteiger partial charge in [-0.1, -0.05) is 12.8 Å². The highest BCUT2D eigenvalue weighted by molar-refractivity contribution is 7.98. The molecular weight excluding hydrogens is 206 g/mol. The summed E-state index contributed by atoms with van der Waals surface area (Å²) in [6.45, 7) is 5.41. The van der Waals surface area contributed by atoms with Gasteiger partial charge in [0.05, 0.1) is 6.10 Å². The predicted octanol–water partition coefficient (Wildman–Crippen LogP) is 2.92. The van der Waals surface area contributed by atoms with E-state index in [1.54, 1.807) is 7.11 Å². The maximum Gasteiger partial charge on any atom is 0.0693 e. The fourth-order valence-electron chi connectivity index (χ4n) is 1.42. The van der Waals surface area contributed by atoms with Crippen molar-refractivity contribution in [3.63, 3.8) is 0 Å². The Balaban J connectivity index is 3.16. The Morgan fingerprint density at radius 3 is 2.40 bits per heavy atom. The van der Waals surface area contributed by atoms with E-state index in [-0.39, 0.29) is 0 Å². The lowest BCUT2D eigenvalue weighted by molar-refractivity contribution is 0.0887. The summed E-state index contributed by atoms with van der Waals surface area (Å²) in [6, 6.07) is 0.459. The molecule has 0 bridgehead atoms. The molecule has 0 fully saturated rings. The fourth-order valence-corrected chi connectivity index (χ4v) is 1.92. The minimum absolute atomic E-state index is 0.307. The van der Waals surface area contributed by atoms with Crippen molar-refractivity contribution < 1.29 is 4.74 Å². The Labute approximate surface area is 99.5 Å². The number of unbranched alkanes of at least 4 members (excludes halogenated alkanes) is 3. The molecule has 0 aromatic heterocycles. The van der Waals surface area contributed by atoms with Crippen LogP contribution < -0.4 is 5.32 Å². The average Bonchev–Trinajstić information content (AvgIpc) is 2.26. The molecule has 1 N–H and O–H groups in total. The van der Waals surface area contributed by atoms with E-state index in [0.717, 1.165) is 6.54 Å². The summed E-state index contributed by atoms with van der Waals surface area (Å²) < 4.78 is 5.26. The molecule has 2 unspecified atom stereocenters. The molecule has 0 aliphatic heterocycles. The predicted molar refractivity (Wildman–Crippen MR) is 70.8 cm³/mol. The molecule has 0 aromatic carbocycles. The van der Waals surface area contributed by atoms with Crippen LogP contribution in [-0.4, -0.2) is 37.8 Å². The van der Waals surface area contributed by atoms with E-state index >= 15 is 0 Å². The van der Waals surface area contributed by atoms with Crippen molar-refractivity contribution in [2.75, 3.05) is 25.7 Å². The van der Waals surface area contributed by atoms with E-state index in [2.05, 4.69) is 25.4 Å². The van der Waals surface area contributed by atoms with Crippen molar-refractivity contribution in [1.82, 2.24) is 5.32 Å². The second kappa shape index (κ2) is 10.8. The number of nitrogens with one attached hydrogen (secondary N) is 1. The van der Waals surface area contributed by atoms with Gasteiger partial charge in [0.1, 0.15) is 0 Å². The Morgan fingerprint density at radius 1 is 1.13 bits per heavy atom. The average molecular weight is 233 g/mol. The number of thioether (sulfide) groups is 1. The Bertz CT molecular complexity index is 133. The summed E-state index contributed by atoms with van der Waals surface area (Å²) in [5.41, 5.74) is 0. The smallest absolute Gasteiger partial charge is 0.0693 e. The first-order chi connectivity index (χ1) is 7.22. The van der Waals surface area contributed by atoms with Crippen molar-refractivity contribution >= 4 is 11.8 Å². The first kappa shape index (κ1) is 15.3. The molecule has 0 aliphatic rings. The van der Waals surface area contributed by atoms with Crippen molar-refractivity contribution in [3.05, 3.63) is 0 Å². The zero-order valence-corrected chi connectivity index (χ0v) is 11.5. The Morgan fingerprint density at radius 2 is 1.80 bits per heavy atom. The SMILES string of the molecule is COC(C)C(C)NCCCCCCSC. The number of methoxy groups -OCH3 is 1. The van der Waals surface area contributed by atoms with Gasteiger partial charge in [0.15, 0.2) is 0 Å². The Kier molecular flexibility index (Phi) is 11.0. The van der Waals surface area contributed by atoms with Crippen LogP contribution in [0.4, 0.5) is 0 Å². The van der Waals surface area contributed by atoms with Gasteiger partial charge in [0, 0.05) is 13.2 Å². The third kappa shape index (κ3) is 9.21. The van der Waals surface area contributed by atoms with Gasteiger partial charge in [0.25, 0.3) is 0 Å². The standard InChI is InChI=1S/C12H27NOS/c1-11(12(2)14-3)13-9-7-5-6-8-10-15-4/h11-13H,5-10H2,1-4H3. The zero-order chi connectivity index (χ0) is 11.5. The van der Waals surface area contributed by atoms with Crippen LogP contribution in [0.3, 0.4) is 0 Å². The van der Waals surface area contributed by atoms with Crippen LogP contribution in [0, 0.1) is 0 Å². The normalized spacial score (nSPS) is 15.2. The molecule has 0 amide bonds. The molecule has 2 nitrogen and oxygen atoms in total. The second-order valence-corrected chi connectivity index (χ2v) is 5.08. The highest BCUT2D eigenvalue weighted by Gasteiger charge is 2.08. The Hall–Kier alpha value is 0.270. The molecule has 0 aliphatic carbocycles. The molecule has 0 saturated heterocycles. The summed E-state index contributed by atoms with van der Waals surface area (Å²) in [7, 11) is 1.77. The first-order valence-electron chi connectivity index (χ1n) is 5.97. The molecule has 0 heterocycles. The molecule has 0 aromatic rings. The molecule has 0 radical (unpaired) electrons. The number of hydrogen-bond acceptors (Lipinski definition) is 3. The highest BCUT2D eigenvalue weighted by atomic mass is 32.2. The van der Waals surface area contributed by atoms with Crippen LogP contribution in [0.1, 0.15) is 39.5 Å². The fraction of sp³-hybridized carbons (Fsp3) is 1.00. The van der Waals surface area contributed by atoms with Crippen LogP contribution in [0.25, 0.3) is 0 Å². The van der Waals surface area contributed by atoms with Gasteiger partial charge < -0.3 is 10.1 Å². The lowest BCUT2D eigenvalue weighted by Crippen LogP contribution is -2.37. The van der Waals surface area contributed by atoms with Crippen LogP contribution >= 0.6 is 11.8 Å². The van der Waals surface area contributed by atoms with Gasteiger partial charge in [-0.25, -0.2) is 0 Å². The zero-order valence-electron chi connectivity index (χ0n) is 10.7. The molecule has 3 heteroatoms. The van der Waals surface area contributed by atoms with Gasteiger partial charge in [-0.3, -0.25) is 0 Å². The molecular formula is C12H27NOS. The topological polar surface area (TPSA) is 21.3 Å². The van der Waals surface area contributed by atoms with E-state index in [4.69, 9.17) is 4.74 Å². The molecule has 15 heavy (non-hydrogen) atoms. The lowest BCUT2D eigenvalue weighted by Gasteiger charge is -2.19. The molecule has 0 spiro atoms. The van der Waals surface area contributed by atoms with E-state index in [1.165, 1.54) is 31.4 Å². The van der Waals surface area contributed by atoms with Crippen LogP contribution in [0.2, 0.25) is 0 Å². The number of hydrogen-bond donors (Lipinski definition) is 1. The molecule has 92 valence electrons.